The Morgan fingerprint density at radius 2 is 1.90 bits per heavy atom. The Bertz CT molecular complexity index is 711. The lowest BCUT2D eigenvalue weighted by Crippen LogP contribution is -2.21. The molecule has 2 rings (SSSR count). The molecule has 8 heteroatoms. The summed E-state index contributed by atoms with van der Waals surface area (Å²) in [5.74, 6) is -0.531. The molecule has 0 fully saturated rings. The molecule has 1 heterocycles. The fourth-order valence-corrected chi connectivity index (χ4v) is 2.46. The van der Waals surface area contributed by atoms with Gasteiger partial charge in [0.25, 0.3) is 0 Å². The molecule has 0 saturated heterocycles. The van der Waals surface area contributed by atoms with Crippen molar-refractivity contribution in [1.82, 2.24) is 9.36 Å². The number of nitrogens with one attached hydrogen (secondary N) is 2. The molecule has 7 nitrogen and oxygen atoms in total. The molecule has 1 aromatic heterocycles. The van der Waals surface area contributed by atoms with Crippen LogP contribution in [0.4, 0.5) is 15.6 Å². The van der Waals surface area contributed by atoms with Gasteiger partial charge in [-0.1, -0.05) is 6.07 Å². The number of carboxylic acids is 1. The Balaban J connectivity index is 2.22. The molecule has 0 atom stereocenters. The quantitative estimate of drug-likeness (QED) is 0.808. The van der Waals surface area contributed by atoms with Gasteiger partial charge >= 0.3 is 12.0 Å². The number of hydrogen-bond acceptors (Lipinski definition) is 5. The molecule has 110 valence electrons. The number of amides is 2. The minimum Gasteiger partial charge on any atom is -0.478 e. The van der Waals surface area contributed by atoms with Gasteiger partial charge in [0.15, 0.2) is 0 Å². The smallest absolute Gasteiger partial charge is 0.337 e. The van der Waals surface area contributed by atoms with Gasteiger partial charge in [0.1, 0.15) is 5.82 Å². The molecular weight excluding hydrogens is 292 g/mol. The Morgan fingerprint density at radius 1 is 1.19 bits per heavy atom. The van der Waals surface area contributed by atoms with E-state index in [1.165, 1.54) is 6.07 Å². The van der Waals surface area contributed by atoms with E-state index in [4.69, 9.17) is 0 Å². The normalized spacial score (nSPS) is 10.2. The number of anilines is 2. The van der Waals surface area contributed by atoms with Crippen molar-refractivity contribution in [2.75, 3.05) is 10.6 Å². The maximum atomic E-state index is 11.9. The monoisotopic (exact) mass is 306 g/mol. The molecular formula is C13H14N4O3S. The topological polar surface area (TPSA) is 104 Å². The highest BCUT2D eigenvalue weighted by atomic mass is 32.1. The van der Waals surface area contributed by atoms with E-state index in [0.29, 0.717) is 16.5 Å². The van der Waals surface area contributed by atoms with Crippen molar-refractivity contribution in [3.8, 4) is 0 Å². The highest BCUT2D eigenvalue weighted by molar-refractivity contribution is 7.09. The van der Waals surface area contributed by atoms with Crippen LogP contribution in [0.25, 0.3) is 0 Å². The van der Waals surface area contributed by atoms with Crippen molar-refractivity contribution in [2.24, 2.45) is 0 Å². The minimum absolute atomic E-state index is 0.0519. The summed E-state index contributed by atoms with van der Waals surface area (Å²) in [6, 6.07) is 2.76. The summed E-state index contributed by atoms with van der Waals surface area (Å²) in [6.07, 6.45) is 0. The molecule has 0 aliphatic carbocycles. The fourth-order valence-electron chi connectivity index (χ4n) is 1.89. The van der Waals surface area contributed by atoms with Gasteiger partial charge in [-0.25, -0.2) is 14.6 Å². The third-order valence-electron chi connectivity index (χ3n) is 2.70. The van der Waals surface area contributed by atoms with Crippen LogP contribution in [-0.4, -0.2) is 26.5 Å². The van der Waals surface area contributed by atoms with Crippen LogP contribution in [-0.2, 0) is 0 Å². The van der Waals surface area contributed by atoms with Crippen molar-refractivity contribution in [3.05, 3.63) is 34.6 Å². The lowest BCUT2D eigenvalue weighted by Gasteiger charge is -2.12. The number of aryl methyl sites for hydroxylation is 3. The highest BCUT2D eigenvalue weighted by Crippen LogP contribution is 2.23. The molecule has 3 N–H and O–H groups in total. The van der Waals surface area contributed by atoms with Gasteiger partial charge in [0.05, 0.1) is 11.3 Å². The molecule has 21 heavy (non-hydrogen) atoms. The summed E-state index contributed by atoms with van der Waals surface area (Å²) in [5.41, 5.74) is 1.81. The summed E-state index contributed by atoms with van der Waals surface area (Å²) in [5, 5.41) is 14.7. The predicted octanol–water partition coefficient (Wildman–Crippen LogP) is 2.81. The average molecular weight is 306 g/mol. The number of nitrogens with zero attached hydrogens (tertiary/aromatic N) is 2. The number of carboxylic acid groups (broad SMARTS) is 1. The summed E-state index contributed by atoms with van der Waals surface area (Å²) in [6.45, 7) is 5.25. The van der Waals surface area contributed by atoms with E-state index in [0.717, 1.165) is 17.1 Å². The van der Waals surface area contributed by atoms with Crippen LogP contribution in [0.2, 0.25) is 0 Å². The zero-order valence-electron chi connectivity index (χ0n) is 11.7. The van der Waals surface area contributed by atoms with Crippen LogP contribution < -0.4 is 10.6 Å². The van der Waals surface area contributed by atoms with E-state index in [-0.39, 0.29) is 11.3 Å². The third kappa shape index (κ3) is 3.54. The van der Waals surface area contributed by atoms with Crippen molar-refractivity contribution >= 4 is 34.4 Å². The van der Waals surface area contributed by atoms with Crippen LogP contribution in [0.5, 0.6) is 0 Å². The third-order valence-corrected chi connectivity index (χ3v) is 3.42. The van der Waals surface area contributed by atoms with Crippen molar-refractivity contribution in [1.29, 1.82) is 0 Å². The predicted molar refractivity (Wildman–Crippen MR) is 80.2 cm³/mol. The van der Waals surface area contributed by atoms with Gasteiger partial charge in [-0.2, -0.15) is 4.37 Å². The van der Waals surface area contributed by atoms with Gasteiger partial charge in [-0.15, -0.1) is 0 Å². The van der Waals surface area contributed by atoms with Crippen LogP contribution in [0.1, 0.15) is 27.3 Å². The first-order valence-electron chi connectivity index (χ1n) is 6.09. The average Bonchev–Trinajstić information content (AvgIpc) is 2.77. The first-order chi connectivity index (χ1) is 9.86. The number of urea groups is 1. The lowest BCUT2D eigenvalue weighted by molar-refractivity contribution is 0.0698. The van der Waals surface area contributed by atoms with Gasteiger partial charge < -0.3 is 10.4 Å². The number of carbonyl (C=O) groups excluding carboxylic acids is 1. The maximum absolute atomic E-state index is 11.9. The SMILES string of the molecule is Cc1cc(C)c(NC(=O)Nc2nc(C)ns2)c(C(=O)O)c1. The van der Waals surface area contributed by atoms with Crippen LogP contribution >= 0.6 is 11.5 Å². The van der Waals surface area contributed by atoms with Gasteiger partial charge in [0, 0.05) is 11.5 Å². The molecule has 0 aliphatic rings. The zero-order valence-corrected chi connectivity index (χ0v) is 12.5. The van der Waals surface area contributed by atoms with E-state index in [9.17, 15) is 14.7 Å². The molecule has 0 spiro atoms. The Kier molecular flexibility index (Phi) is 4.18. The second kappa shape index (κ2) is 5.88. The minimum atomic E-state index is -1.09. The lowest BCUT2D eigenvalue weighted by atomic mass is 10.0. The van der Waals surface area contributed by atoms with Crippen molar-refractivity contribution in [2.45, 2.75) is 20.8 Å². The van der Waals surface area contributed by atoms with Crippen molar-refractivity contribution in [3.63, 3.8) is 0 Å². The van der Waals surface area contributed by atoms with E-state index in [1.54, 1.807) is 26.8 Å². The number of rotatable bonds is 3. The number of benzene rings is 1. The summed E-state index contributed by atoms with van der Waals surface area (Å²) in [7, 11) is 0. The number of carbonyl (C=O) groups is 2. The molecule has 2 amide bonds. The van der Waals surface area contributed by atoms with E-state index in [2.05, 4.69) is 20.0 Å². The van der Waals surface area contributed by atoms with E-state index >= 15 is 0 Å². The summed E-state index contributed by atoms with van der Waals surface area (Å²) >= 11 is 1.06. The summed E-state index contributed by atoms with van der Waals surface area (Å²) in [4.78, 5) is 27.2. The second-order valence-electron chi connectivity index (χ2n) is 4.54. The number of aromatic nitrogens is 2. The van der Waals surface area contributed by atoms with E-state index in [1.807, 2.05) is 0 Å². The van der Waals surface area contributed by atoms with Crippen LogP contribution in [0, 0.1) is 20.8 Å². The largest absolute Gasteiger partial charge is 0.478 e. The fraction of sp³-hybridized carbons (Fsp3) is 0.231. The van der Waals surface area contributed by atoms with Crippen molar-refractivity contribution < 1.29 is 14.7 Å². The summed E-state index contributed by atoms with van der Waals surface area (Å²) < 4.78 is 3.95. The van der Waals surface area contributed by atoms with Crippen LogP contribution in [0.3, 0.4) is 0 Å². The Labute approximate surface area is 125 Å². The molecule has 0 radical (unpaired) electrons. The highest BCUT2D eigenvalue weighted by Gasteiger charge is 2.16. The molecule has 0 saturated carbocycles. The molecule has 0 unspecified atom stereocenters. The number of hydrogen-bond donors (Lipinski definition) is 3. The Hall–Kier alpha value is -2.48. The van der Waals surface area contributed by atoms with Gasteiger partial charge in [0.2, 0.25) is 5.13 Å². The standard InChI is InChI=1S/C13H14N4O3S/c1-6-4-7(2)10(9(5-6)11(18)19)15-12(20)16-13-14-8(3)17-21-13/h4-5H,1-3H3,(H,18,19)(H2,14,15,16,17,20). The van der Waals surface area contributed by atoms with Gasteiger partial charge in [-0.05, 0) is 38.0 Å². The van der Waals surface area contributed by atoms with Crippen LogP contribution in [0.15, 0.2) is 12.1 Å². The first-order valence-corrected chi connectivity index (χ1v) is 6.87. The first kappa shape index (κ1) is 14.9. The molecule has 1 aromatic carbocycles. The van der Waals surface area contributed by atoms with E-state index < -0.39 is 12.0 Å². The second-order valence-corrected chi connectivity index (χ2v) is 5.29. The molecule has 0 bridgehead atoms. The molecule has 0 aliphatic heterocycles. The zero-order chi connectivity index (χ0) is 15.6. The molecule has 2 aromatic rings. The number of aromatic carboxylic acids is 1. The Morgan fingerprint density at radius 3 is 2.48 bits per heavy atom. The van der Waals surface area contributed by atoms with Gasteiger partial charge in [-0.3, -0.25) is 5.32 Å². The maximum Gasteiger partial charge on any atom is 0.337 e.